The minimum atomic E-state index is -1.34. The van der Waals surface area contributed by atoms with Crippen LogP contribution in [0.3, 0.4) is 0 Å². The summed E-state index contributed by atoms with van der Waals surface area (Å²) in [6.45, 7) is 18.1. The van der Waals surface area contributed by atoms with Crippen molar-refractivity contribution in [1.29, 1.82) is 0 Å². The first kappa shape index (κ1) is 35.5. The molecule has 0 aromatic carbocycles. The fourth-order valence-corrected chi connectivity index (χ4v) is 10.4. The van der Waals surface area contributed by atoms with E-state index in [0.717, 1.165) is 31.3 Å². The number of hydrogen-bond donors (Lipinski definition) is 6. The molecule has 0 radical (unpaired) electrons. The van der Waals surface area contributed by atoms with Crippen molar-refractivity contribution in [2.24, 2.45) is 39.9 Å². The predicted octanol–water partition coefficient (Wildman–Crippen LogP) is 4.19. The molecule has 9 nitrogen and oxygen atoms in total. The molecule has 44 heavy (non-hydrogen) atoms. The van der Waals surface area contributed by atoms with Crippen LogP contribution in [0.2, 0.25) is 0 Å². The van der Waals surface area contributed by atoms with Crippen LogP contribution in [-0.4, -0.2) is 85.1 Å². The summed E-state index contributed by atoms with van der Waals surface area (Å²) in [6, 6.07) is 0. The highest BCUT2D eigenvalue weighted by molar-refractivity contribution is 5.66. The minimum Gasteiger partial charge on any atom is -0.481 e. The number of aliphatic carboxylic acids is 1. The number of fused-ring (bicyclic) bond motifs is 3. The molecule has 13 atom stereocenters. The molecule has 1 aliphatic heterocycles. The Labute approximate surface area is 263 Å². The molecule has 0 aromatic rings. The standard InChI is InChI=1S/C35H58O9/c1-20(2)21-10-16-33(6)25(32(21,5)15-12-26(38)39)18-23(37)27-22(11-17-34(27,33)7)35(8,14-9-13-31(3,4)42)44-30-29(41)28(40)24(19-36)43-30/h9,13,21-25,27-30,36-37,40-42H,1,10-12,14-19H2,2-8H3,(H,38,39)/b13-9+. The number of allylic oxidation sites excluding steroid dienone is 1. The van der Waals surface area contributed by atoms with Gasteiger partial charge in [0.2, 0.25) is 0 Å². The van der Waals surface area contributed by atoms with Crippen molar-refractivity contribution < 1.29 is 44.9 Å². The van der Waals surface area contributed by atoms with E-state index >= 15 is 0 Å². The molecule has 13 unspecified atom stereocenters. The summed E-state index contributed by atoms with van der Waals surface area (Å²) in [4.78, 5) is 11.8. The van der Waals surface area contributed by atoms with Crippen molar-refractivity contribution in [3.63, 3.8) is 0 Å². The summed E-state index contributed by atoms with van der Waals surface area (Å²) in [5.41, 5.74) is -1.68. The molecule has 3 saturated carbocycles. The lowest BCUT2D eigenvalue weighted by Gasteiger charge is -2.67. The first-order valence-corrected chi connectivity index (χ1v) is 16.5. The number of hydrogen-bond acceptors (Lipinski definition) is 8. The minimum absolute atomic E-state index is 0.0789. The van der Waals surface area contributed by atoms with Crippen molar-refractivity contribution in [2.75, 3.05) is 6.61 Å². The maximum atomic E-state index is 12.1. The van der Waals surface area contributed by atoms with E-state index in [1.54, 1.807) is 19.9 Å². The van der Waals surface area contributed by atoms with Crippen LogP contribution in [-0.2, 0) is 14.3 Å². The van der Waals surface area contributed by atoms with Crippen molar-refractivity contribution in [3.05, 3.63) is 24.3 Å². The van der Waals surface area contributed by atoms with Gasteiger partial charge in [0.1, 0.15) is 18.3 Å². The topological polar surface area (TPSA) is 157 Å². The molecular formula is C35H58O9. The van der Waals surface area contributed by atoms with E-state index in [-0.39, 0.29) is 46.3 Å². The lowest BCUT2D eigenvalue weighted by Crippen LogP contribution is -2.64. The van der Waals surface area contributed by atoms with Gasteiger partial charge in [-0.1, -0.05) is 45.1 Å². The SMILES string of the molecule is C=C(C)C1CCC2(C)C(CC(O)C3C(C(C)(C/C=C/C(C)(C)O)OC4OC(CO)C(O)C4O)CCC32C)C1(C)CCC(=O)O. The lowest BCUT2D eigenvalue weighted by atomic mass is 9.37. The Morgan fingerprint density at radius 1 is 1.07 bits per heavy atom. The third-order valence-corrected chi connectivity index (χ3v) is 12.8. The maximum absolute atomic E-state index is 12.1. The van der Waals surface area contributed by atoms with Crippen molar-refractivity contribution in [3.8, 4) is 0 Å². The zero-order valence-electron chi connectivity index (χ0n) is 27.8. The van der Waals surface area contributed by atoms with E-state index in [1.165, 1.54) is 0 Å². The van der Waals surface area contributed by atoms with Crippen LogP contribution >= 0.6 is 0 Å². The Morgan fingerprint density at radius 2 is 1.70 bits per heavy atom. The van der Waals surface area contributed by atoms with Gasteiger partial charge in [-0.2, -0.15) is 0 Å². The number of carboxylic acids is 1. The van der Waals surface area contributed by atoms with Gasteiger partial charge in [-0.3, -0.25) is 4.79 Å². The molecule has 1 heterocycles. The number of rotatable bonds is 11. The van der Waals surface area contributed by atoms with Gasteiger partial charge in [0, 0.05) is 6.42 Å². The molecule has 4 fully saturated rings. The quantitative estimate of drug-likeness (QED) is 0.186. The van der Waals surface area contributed by atoms with Gasteiger partial charge in [-0.05, 0) is 113 Å². The largest absolute Gasteiger partial charge is 0.481 e. The molecule has 0 bridgehead atoms. The Morgan fingerprint density at radius 3 is 2.25 bits per heavy atom. The monoisotopic (exact) mass is 622 g/mol. The number of aliphatic hydroxyl groups excluding tert-OH is 4. The fourth-order valence-electron chi connectivity index (χ4n) is 10.4. The summed E-state index contributed by atoms with van der Waals surface area (Å²) >= 11 is 0. The molecule has 0 amide bonds. The van der Waals surface area contributed by atoms with Crippen LogP contribution in [0.4, 0.5) is 0 Å². The molecule has 6 N–H and O–H groups in total. The Hall–Kier alpha value is -1.33. The van der Waals surface area contributed by atoms with Gasteiger partial charge >= 0.3 is 5.97 Å². The Bertz CT molecular complexity index is 1100. The van der Waals surface area contributed by atoms with Gasteiger partial charge in [-0.15, -0.1) is 0 Å². The molecule has 252 valence electrons. The van der Waals surface area contributed by atoms with Gasteiger partial charge < -0.3 is 40.1 Å². The first-order valence-electron chi connectivity index (χ1n) is 16.5. The number of carboxylic acid groups (broad SMARTS) is 1. The molecule has 4 aliphatic rings. The molecule has 3 aliphatic carbocycles. The number of carbonyl (C=O) groups is 1. The van der Waals surface area contributed by atoms with Crippen LogP contribution < -0.4 is 0 Å². The van der Waals surface area contributed by atoms with Gasteiger partial charge in [0.25, 0.3) is 0 Å². The van der Waals surface area contributed by atoms with Crippen LogP contribution in [0, 0.1) is 39.9 Å². The van der Waals surface area contributed by atoms with E-state index in [0.29, 0.717) is 19.3 Å². The summed E-state index contributed by atoms with van der Waals surface area (Å²) < 4.78 is 12.4. The molecule has 9 heteroatoms. The van der Waals surface area contributed by atoms with E-state index in [2.05, 4.69) is 27.4 Å². The summed E-state index contributed by atoms with van der Waals surface area (Å²) in [7, 11) is 0. The average Bonchev–Trinajstić information content (AvgIpc) is 3.42. The van der Waals surface area contributed by atoms with Crippen molar-refractivity contribution in [2.45, 2.75) is 142 Å². The molecule has 1 saturated heterocycles. The Kier molecular flexibility index (Phi) is 9.98. The highest BCUT2D eigenvalue weighted by Crippen LogP contribution is 2.74. The molecular weight excluding hydrogens is 564 g/mol. The van der Waals surface area contributed by atoms with Crippen LogP contribution in [0.25, 0.3) is 0 Å². The summed E-state index contributed by atoms with van der Waals surface area (Å²) in [5, 5.41) is 63.1. The maximum Gasteiger partial charge on any atom is 0.303 e. The van der Waals surface area contributed by atoms with Crippen LogP contribution in [0.5, 0.6) is 0 Å². The van der Waals surface area contributed by atoms with Gasteiger partial charge in [0.05, 0.1) is 23.9 Å². The second-order valence-electron chi connectivity index (χ2n) is 16.1. The van der Waals surface area contributed by atoms with Gasteiger partial charge in [-0.25, -0.2) is 0 Å². The van der Waals surface area contributed by atoms with E-state index in [9.17, 15) is 35.4 Å². The van der Waals surface area contributed by atoms with Crippen LogP contribution in [0.1, 0.15) is 99.8 Å². The van der Waals surface area contributed by atoms with Crippen LogP contribution in [0.15, 0.2) is 24.3 Å². The van der Waals surface area contributed by atoms with E-state index < -0.39 is 54.5 Å². The summed E-state index contributed by atoms with van der Waals surface area (Å²) in [6.07, 6.45) is 3.19. The first-order chi connectivity index (χ1) is 20.2. The molecule has 0 aromatic heterocycles. The average molecular weight is 623 g/mol. The molecule has 4 rings (SSSR count). The fraction of sp³-hybridized carbons (Fsp3) is 0.857. The van der Waals surface area contributed by atoms with E-state index in [4.69, 9.17) is 9.47 Å². The third kappa shape index (κ3) is 6.07. The second-order valence-corrected chi connectivity index (χ2v) is 16.1. The lowest BCUT2D eigenvalue weighted by molar-refractivity contribution is -0.258. The predicted molar refractivity (Wildman–Crippen MR) is 166 cm³/mol. The molecule has 0 spiro atoms. The number of aliphatic hydroxyl groups is 5. The highest BCUT2D eigenvalue weighted by Gasteiger charge is 2.70. The van der Waals surface area contributed by atoms with Crippen molar-refractivity contribution in [1.82, 2.24) is 0 Å². The third-order valence-electron chi connectivity index (χ3n) is 12.8. The second kappa shape index (κ2) is 12.4. The zero-order valence-corrected chi connectivity index (χ0v) is 27.8. The summed E-state index contributed by atoms with van der Waals surface area (Å²) in [5.74, 6) is -0.819. The normalized spacial score (nSPS) is 45.6. The highest BCUT2D eigenvalue weighted by atomic mass is 16.7. The zero-order chi connectivity index (χ0) is 33.0. The van der Waals surface area contributed by atoms with Crippen molar-refractivity contribution >= 4 is 5.97 Å². The number of ether oxygens (including phenoxy) is 2. The van der Waals surface area contributed by atoms with E-state index in [1.807, 2.05) is 19.9 Å². The van der Waals surface area contributed by atoms with Gasteiger partial charge in [0.15, 0.2) is 6.29 Å². The smallest absolute Gasteiger partial charge is 0.303 e. The Balaban J connectivity index is 1.73.